The molecule has 1 unspecified atom stereocenters. The van der Waals surface area contributed by atoms with Gasteiger partial charge in [-0.25, -0.2) is 0 Å². The summed E-state index contributed by atoms with van der Waals surface area (Å²) >= 11 is 0. The Balaban J connectivity index is 0.00000272. The van der Waals surface area contributed by atoms with Crippen LogP contribution in [0.2, 0.25) is 0 Å². The first kappa shape index (κ1) is 23.5. The number of ether oxygens (including phenoxy) is 1. The zero-order valence-electron chi connectivity index (χ0n) is 17.4. The molecule has 170 valence electrons. The van der Waals surface area contributed by atoms with E-state index in [1.54, 1.807) is 19.2 Å². The lowest BCUT2D eigenvalue weighted by molar-refractivity contribution is -0.0495. The molecule has 2 N–H and O–H groups in total. The van der Waals surface area contributed by atoms with Gasteiger partial charge in [-0.05, 0) is 31.4 Å². The van der Waals surface area contributed by atoms with Gasteiger partial charge in [-0.15, -0.1) is 34.2 Å². The number of alkyl halides is 2. The summed E-state index contributed by atoms with van der Waals surface area (Å²) in [6.07, 6.45) is 4.16. The lowest BCUT2D eigenvalue weighted by Gasteiger charge is -2.22. The molecule has 0 spiro atoms. The molecule has 2 aliphatic rings. The number of aliphatic imine (C=N–C) groups is 1. The Labute approximate surface area is 197 Å². The van der Waals surface area contributed by atoms with Crippen molar-refractivity contribution >= 4 is 35.6 Å². The number of rotatable bonds is 6. The van der Waals surface area contributed by atoms with Gasteiger partial charge in [0.1, 0.15) is 11.6 Å². The Morgan fingerprint density at radius 2 is 2.10 bits per heavy atom. The quantitative estimate of drug-likeness (QED) is 0.329. The third kappa shape index (κ3) is 5.74. The van der Waals surface area contributed by atoms with Gasteiger partial charge in [-0.1, -0.05) is 12.1 Å². The zero-order chi connectivity index (χ0) is 20.9. The molecule has 1 aromatic heterocycles. The second-order valence-electron chi connectivity index (χ2n) is 7.49. The van der Waals surface area contributed by atoms with Gasteiger partial charge < -0.3 is 24.8 Å². The average molecular weight is 547 g/mol. The molecule has 3 heterocycles. The normalized spacial score (nSPS) is 18.5. The van der Waals surface area contributed by atoms with Crippen LogP contribution in [0.3, 0.4) is 0 Å². The predicted molar refractivity (Wildman–Crippen MR) is 125 cm³/mol. The maximum Gasteiger partial charge on any atom is 0.387 e. The highest BCUT2D eigenvalue weighted by atomic mass is 127. The fraction of sp³-hybridized carbons (Fsp3) is 0.550. The first-order valence-corrected chi connectivity index (χ1v) is 10.3. The molecule has 0 radical (unpaired) electrons. The number of aromatic nitrogens is 3. The average Bonchev–Trinajstić information content (AvgIpc) is 3.38. The SMILES string of the molecule is CN=C(NCc1nnc2n1CCCC2)NC1CCN(c2ccccc2OC(F)F)C1.I. The molecule has 0 amide bonds. The Morgan fingerprint density at radius 3 is 2.90 bits per heavy atom. The number of nitrogens with zero attached hydrogens (tertiary/aromatic N) is 5. The Bertz CT molecular complexity index is 892. The summed E-state index contributed by atoms with van der Waals surface area (Å²) in [6.45, 7) is 0.0891. The number of anilines is 1. The van der Waals surface area contributed by atoms with Crippen molar-refractivity contribution in [1.82, 2.24) is 25.4 Å². The summed E-state index contributed by atoms with van der Waals surface area (Å²) < 4.78 is 32.3. The summed E-state index contributed by atoms with van der Waals surface area (Å²) in [6, 6.07) is 7.04. The fourth-order valence-corrected chi connectivity index (χ4v) is 4.06. The van der Waals surface area contributed by atoms with Crippen molar-refractivity contribution in [3.63, 3.8) is 0 Å². The fourth-order valence-electron chi connectivity index (χ4n) is 4.06. The minimum atomic E-state index is -2.84. The number of fused-ring (bicyclic) bond motifs is 1. The first-order valence-electron chi connectivity index (χ1n) is 10.3. The standard InChI is InChI=1S/C20H27F2N7O.HI/c1-23-20(24-12-18-27-26-17-8-4-5-10-29(17)18)25-14-9-11-28(13-14)15-6-2-3-7-16(15)30-19(21)22;/h2-3,6-7,14,19H,4-5,8-13H2,1H3,(H2,23,24,25);1H. The molecule has 8 nitrogen and oxygen atoms in total. The highest BCUT2D eigenvalue weighted by Gasteiger charge is 2.26. The van der Waals surface area contributed by atoms with Crippen LogP contribution in [-0.4, -0.2) is 53.5 Å². The Hall–Kier alpha value is -2.18. The molecule has 1 aromatic carbocycles. The van der Waals surface area contributed by atoms with Crippen LogP contribution in [0.15, 0.2) is 29.3 Å². The molecule has 0 bridgehead atoms. The van der Waals surface area contributed by atoms with Crippen molar-refractivity contribution in [3.8, 4) is 5.75 Å². The number of halogens is 3. The molecule has 4 rings (SSSR count). The second kappa shape index (κ2) is 10.9. The smallest absolute Gasteiger partial charge is 0.387 e. The first-order chi connectivity index (χ1) is 14.6. The van der Waals surface area contributed by atoms with Crippen molar-refractivity contribution in [3.05, 3.63) is 35.9 Å². The van der Waals surface area contributed by atoms with E-state index in [4.69, 9.17) is 0 Å². The van der Waals surface area contributed by atoms with Crippen LogP contribution >= 0.6 is 24.0 Å². The predicted octanol–water partition coefficient (Wildman–Crippen LogP) is 2.78. The molecule has 2 aliphatic heterocycles. The van der Waals surface area contributed by atoms with Crippen LogP contribution in [0.4, 0.5) is 14.5 Å². The van der Waals surface area contributed by atoms with Crippen molar-refractivity contribution in [2.75, 3.05) is 25.0 Å². The largest absolute Gasteiger partial charge is 0.433 e. The molecule has 0 aliphatic carbocycles. The number of hydrogen-bond acceptors (Lipinski definition) is 5. The highest BCUT2D eigenvalue weighted by molar-refractivity contribution is 14.0. The van der Waals surface area contributed by atoms with E-state index in [-0.39, 0.29) is 35.8 Å². The van der Waals surface area contributed by atoms with Gasteiger partial charge in [-0.3, -0.25) is 4.99 Å². The summed E-state index contributed by atoms with van der Waals surface area (Å²) in [4.78, 5) is 6.37. The number of hydrogen-bond donors (Lipinski definition) is 2. The van der Waals surface area contributed by atoms with E-state index < -0.39 is 6.61 Å². The number of aryl methyl sites for hydroxylation is 1. The van der Waals surface area contributed by atoms with Gasteiger partial charge in [-0.2, -0.15) is 8.78 Å². The number of nitrogens with one attached hydrogen (secondary N) is 2. The minimum absolute atomic E-state index is 0. The van der Waals surface area contributed by atoms with Gasteiger partial charge in [0.2, 0.25) is 0 Å². The van der Waals surface area contributed by atoms with E-state index in [0.717, 1.165) is 44.0 Å². The molecular weight excluding hydrogens is 519 g/mol. The van der Waals surface area contributed by atoms with Crippen LogP contribution in [-0.2, 0) is 19.5 Å². The van der Waals surface area contributed by atoms with Crippen LogP contribution in [0.5, 0.6) is 5.75 Å². The number of benzene rings is 1. The monoisotopic (exact) mass is 547 g/mol. The summed E-state index contributed by atoms with van der Waals surface area (Å²) in [5.41, 5.74) is 0.681. The summed E-state index contributed by atoms with van der Waals surface area (Å²) in [7, 11) is 1.73. The number of guanidine groups is 1. The highest BCUT2D eigenvalue weighted by Crippen LogP contribution is 2.31. The van der Waals surface area contributed by atoms with Crippen LogP contribution in [0, 0.1) is 0 Å². The third-order valence-corrected chi connectivity index (χ3v) is 5.52. The van der Waals surface area contributed by atoms with E-state index >= 15 is 0 Å². The van der Waals surface area contributed by atoms with Crippen LogP contribution < -0.4 is 20.3 Å². The molecular formula is C20H28F2IN7O. The maximum atomic E-state index is 12.7. The summed E-state index contributed by atoms with van der Waals surface area (Å²) in [5, 5.41) is 15.3. The molecule has 1 atom stereocenters. The molecule has 0 saturated carbocycles. The van der Waals surface area contributed by atoms with Crippen molar-refractivity contribution in [2.24, 2.45) is 4.99 Å². The lowest BCUT2D eigenvalue weighted by Crippen LogP contribution is -2.44. The van der Waals surface area contributed by atoms with Gasteiger partial charge in [0.25, 0.3) is 0 Å². The van der Waals surface area contributed by atoms with Crippen molar-refractivity contribution in [2.45, 2.75) is 51.4 Å². The van der Waals surface area contributed by atoms with E-state index in [1.807, 2.05) is 12.1 Å². The van der Waals surface area contributed by atoms with Crippen LogP contribution in [0.25, 0.3) is 0 Å². The van der Waals surface area contributed by atoms with Gasteiger partial charge >= 0.3 is 6.61 Å². The molecule has 1 fully saturated rings. The van der Waals surface area contributed by atoms with E-state index in [2.05, 4.69) is 40.0 Å². The van der Waals surface area contributed by atoms with E-state index in [9.17, 15) is 8.78 Å². The van der Waals surface area contributed by atoms with Gasteiger partial charge in [0.05, 0.1) is 12.2 Å². The zero-order valence-corrected chi connectivity index (χ0v) is 19.8. The third-order valence-electron chi connectivity index (χ3n) is 5.52. The Kier molecular flexibility index (Phi) is 8.27. The Morgan fingerprint density at radius 1 is 1.26 bits per heavy atom. The second-order valence-corrected chi connectivity index (χ2v) is 7.49. The summed E-state index contributed by atoms with van der Waals surface area (Å²) in [5.74, 6) is 2.86. The van der Waals surface area contributed by atoms with E-state index in [1.165, 1.54) is 6.42 Å². The molecule has 1 saturated heterocycles. The van der Waals surface area contributed by atoms with Crippen molar-refractivity contribution in [1.29, 1.82) is 0 Å². The molecule has 31 heavy (non-hydrogen) atoms. The molecule has 2 aromatic rings. The minimum Gasteiger partial charge on any atom is -0.433 e. The van der Waals surface area contributed by atoms with Crippen LogP contribution in [0.1, 0.15) is 30.9 Å². The van der Waals surface area contributed by atoms with Crippen molar-refractivity contribution < 1.29 is 13.5 Å². The topological polar surface area (TPSA) is 79.6 Å². The van der Waals surface area contributed by atoms with Gasteiger partial charge in [0, 0.05) is 39.1 Å². The lowest BCUT2D eigenvalue weighted by atomic mass is 10.2. The number of para-hydroxylation sites is 2. The van der Waals surface area contributed by atoms with Gasteiger partial charge in [0.15, 0.2) is 11.8 Å². The maximum absolute atomic E-state index is 12.7. The van der Waals surface area contributed by atoms with E-state index in [0.29, 0.717) is 24.7 Å². The molecule has 11 heteroatoms.